The lowest BCUT2D eigenvalue weighted by Gasteiger charge is -2.37. The number of carbonyl (C=O) groups excluding carboxylic acids is 2. The van der Waals surface area contributed by atoms with Gasteiger partial charge < -0.3 is 14.2 Å². The molecule has 198 valence electrons. The zero-order valence-electron chi connectivity index (χ0n) is 22.4. The molecule has 2 rings (SSSR count). The number of hydrogen-bond acceptors (Lipinski definition) is 5. The van der Waals surface area contributed by atoms with Crippen molar-refractivity contribution in [1.82, 2.24) is 0 Å². The fourth-order valence-electron chi connectivity index (χ4n) is 4.82. The van der Waals surface area contributed by atoms with Gasteiger partial charge in [-0.3, -0.25) is 4.79 Å². The minimum absolute atomic E-state index is 0.0443. The zero-order valence-corrected chi connectivity index (χ0v) is 22.4. The molecule has 0 unspecified atom stereocenters. The molecule has 0 radical (unpaired) electrons. The quantitative estimate of drug-likeness (QED) is 0.137. The molecule has 0 amide bonds. The molecule has 1 aromatic carbocycles. The number of rotatable bonds is 20. The second kappa shape index (κ2) is 17.4. The molecule has 3 atom stereocenters. The summed E-state index contributed by atoms with van der Waals surface area (Å²) in [5.41, 5.74) is 0.518. The third-order valence-corrected chi connectivity index (χ3v) is 7.11. The number of benzene rings is 1. The van der Waals surface area contributed by atoms with Crippen molar-refractivity contribution in [1.29, 1.82) is 0 Å². The predicted molar refractivity (Wildman–Crippen MR) is 141 cm³/mol. The molecule has 1 aliphatic rings. The van der Waals surface area contributed by atoms with Crippen LogP contribution in [0.25, 0.3) is 0 Å². The summed E-state index contributed by atoms with van der Waals surface area (Å²) in [5, 5.41) is 0. The van der Waals surface area contributed by atoms with Crippen LogP contribution in [0.4, 0.5) is 0 Å². The Morgan fingerprint density at radius 2 is 1.43 bits per heavy atom. The molecule has 1 aromatic rings. The summed E-state index contributed by atoms with van der Waals surface area (Å²) < 4.78 is 16.6. The molecule has 0 N–H and O–H groups in total. The number of carbonyl (C=O) groups is 2. The summed E-state index contributed by atoms with van der Waals surface area (Å²) in [5.74, 6) is 0.255. The molecule has 0 bridgehead atoms. The van der Waals surface area contributed by atoms with Crippen LogP contribution in [0.3, 0.4) is 0 Å². The summed E-state index contributed by atoms with van der Waals surface area (Å²) in [6, 6.07) is 7.01. The molecule has 5 nitrogen and oxygen atoms in total. The molecule has 35 heavy (non-hydrogen) atoms. The van der Waals surface area contributed by atoms with E-state index >= 15 is 0 Å². The van der Waals surface area contributed by atoms with Gasteiger partial charge in [-0.25, -0.2) is 4.79 Å². The number of methoxy groups -OCH3 is 1. The molecule has 0 spiro atoms. The van der Waals surface area contributed by atoms with Gasteiger partial charge >= 0.3 is 11.9 Å². The first-order valence-electron chi connectivity index (χ1n) is 14.1. The highest BCUT2D eigenvalue weighted by atomic mass is 16.6. The Labute approximate surface area is 213 Å². The SMILES string of the molecule is CCCCCCCCCCC[C@@H](C[C@@H]1OC(=O)[C@H]1CCCCCC)OC(=O)c1ccc(OC)cc1. The van der Waals surface area contributed by atoms with Crippen LogP contribution in [0.2, 0.25) is 0 Å². The van der Waals surface area contributed by atoms with Crippen LogP contribution in [-0.4, -0.2) is 31.3 Å². The molecule has 1 aliphatic heterocycles. The molecule has 0 aromatic heterocycles. The average molecular weight is 489 g/mol. The van der Waals surface area contributed by atoms with Gasteiger partial charge in [0.25, 0.3) is 0 Å². The van der Waals surface area contributed by atoms with E-state index in [9.17, 15) is 9.59 Å². The van der Waals surface area contributed by atoms with Crippen LogP contribution in [0.1, 0.15) is 127 Å². The van der Waals surface area contributed by atoms with E-state index in [0.717, 1.165) is 38.5 Å². The minimum Gasteiger partial charge on any atom is -0.497 e. The maximum Gasteiger partial charge on any atom is 0.338 e. The van der Waals surface area contributed by atoms with Crippen molar-refractivity contribution in [2.75, 3.05) is 7.11 Å². The van der Waals surface area contributed by atoms with E-state index < -0.39 is 0 Å². The first-order valence-corrected chi connectivity index (χ1v) is 14.1. The first kappa shape index (κ1) is 29.2. The largest absolute Gasteiger partial charge is 0.497 e. The van der Waals surface area contributed by atoms with Crippen molar-refractivity contribution in [2.24, 2.45) is 5.92 Å². The third kappa shape index (κ3) is 11.0. The van der Waals surface area contributed by atoms with E-state index in [1.807, 2.05) is 0 Å². The monoisotopic (exact) mass is 488 g/mol. The average Bonchev–Trinajstić information content (AvgIpc) is 2.87. The summed E-state index contributed by atoms with van der Waals surface area (Å²) >= 11 is 0. The second-order valence-electron chi connectivity index (χ2n) is 10.0. The second-order valence-corrected chi connectivity index (χ2v) is 10.0. The molecule has 0 aliphatic carbocycles. The lowest BCUT2D eigenvalue weighted by molar-refractivity contribution is -0.188. The third-order valence-electron chi connectivity index (χ3n) is 7.11. The highest BCUT2D eigenvalue weighted by Crippen LogP contribution is 2.33. The lowest BCUT2D eigenvalue weighted by Crippen LogP contribution is -2.47. The van der Waals surface area contributed by atoms with Gasteiger partial charge in [-0.1, -0.05) is 90.9 Å². The van der Waals surface area contributed by atoms with Crippen molar-refractivity contribution in [2.45, 2.75) is 129 Å². The van der Waals surface area contributed by atoms with Crippen LogP contribution < -0.4 is 4.74 Å². The highest BCUT2D eigenvalue weighted by Gasteiger charge is 2.43. The molecular weight excluding hydrogens is 440 g/mol. The zero-order chi connectivity index (χ0) is 25.3. The Kier molecular flexibility index (Phi) is 14.5. The first-order chi connectivity index (χ1) is 17.1. The minimum atomic E-state index is -0.321. The van der Waals surface area contributed by atoms with Gasteiger partial charge in [0.2, 0.25) is 0 Å². The fourth-order valence-corrected chi connectivity index (χ4v) is 4.82. The van der Waals surface area contributed by atoms with Crippen LogP contribution in [-0.2, 0) is 14.3 Å². The van der Waals surface area contributed by atoms with E-state index in [2.05, 4.69) is 13.8 Å². The number of hydrogen-bond donors (Lipinski definition) is 0. The summed E-state index contributed by atoms with van der Waals surface area (Å²) in [7, 11) is 1.60. The molecular formula is C30H48O5. The number of unbranched alkanes of at least 4 members (excludes halogenated alkanes) is 11. The van der Waals surface area contributed by atoms with Crippen molar-refractivity contribution >= 4 is 11.9 Å². The molecule has 0 saturated carbocycles. The Morgan fingerprint density at radius 3 is 2.00 bits per heavy atom. The Hall–Kier alpha value is -2.04. The maximum absolute atomic E-state index is 12.8. The van der Waals surface area contributed by atoms with Gasteiger partial charge in [0.15, 0.2) is 0 Å². The summed E-state index contributed by atoms with van der Waals surface area (Å²) in [6.07, 6.45) is 17.8. The van der Waals surface area contributed by atoms with Gasteiger partial charge in [-0.15, -0.1) is 0 Å². The number of ether oxygens (including phenoxy) is 3. The van der Waals surface area contributed by atoms with Crippen molar-refractivity contribution in [3.63, 3.8) is 0 Å². The van der Waals surface area contributed by atoms with Gasteiger partial charge in [-0.2, -0.15) is 0 Å². The molecule has 1 fully saturated rings. The smallest absolute Gasteiger partial charge is 0.338 e. The van der Waals surface area contributed by atoms with Crippen LogP contribution >= 0.6 is 0 Å². The van der Waals surface area contributed by atoms with E-state index in [0.29, 0.717) is 17.7 Å². The van der Waals surface area contributed by atoms with Gasteiger partial charge in [0.1, 0.15) is 18.0 Å². The summed E-state index contributed by atoms with van der Waals surface area (Å²) in [4.78, 5) is 24.9. The van der Waals surface area contributed by atoms with Gasteiger partial charge in [-0.05, 0) is 43.5 Å². The highest BCUT2D eigenvalue weighted by molar-refractivity contribution is 5.89. The Morgan fingerprint density at radius 1 is 0.857 bits per heavy atom. The van der Waals surface area contributed by atoms with E-state index in [4.69, 9.17) is 14.2 Å². The topological polar surface area (TPSA) is 61.8 Å². The maximum atomic E-state index is 12.8. The number of cyclic esters (lactones) is 1. The Balaban J connectivity index is 1.84. The van der Waals surface area contributed by atoms with E-state index in [-0.39, 0.29) is 30.1 Å². The van der Waals surface area contributed by atoms with Crippen LogP contribution in [0.15, 0.2) is 24.3 Å². The van der Waals surface area contributed by atoms with Crippen LogP contribution in [0.5, 0.6) is 5.75 Å². The van der Waals surface area contributed by atoms with Crippen molar-refractivity contribution in [3.05, 3.63) is 29.8 Å². The van der Waals surface area contributed by atoms with Crippen molar-refractivity contribution in [3.8, 4) is 5.75 Å². The van der Waals surface area contributed by atoms with E-state index in [1.165, 1.54) is 57.8 Å². The van der Waals surface area contributed by atoms with E-state index in [1.54, 1.807) is 31.4 Å². The summed E-state index contributed by atoms with van der Waals surface area (Å²) in [6.45, 7) is 4.44. The van der Waals surface area contributed by atoms with Crippen molar-refractivity contribution < 1.29 is 23.8 Å². The van der Waals surface area contributed by atoms with Crippen LogP contribution in [0, 0.1) is 5.92 Å². The van der Waals surface area contributed by atoms with Gasteiger partial charge in [0.05, 0.1) is 18.6 Å². The van der Waals surface area contributed by atoms with Gasteiger partial charge in [0, 0.05) is 6.42 Å². The fraction of sp³-hybridized carbons (Fsp3) is 0.733. The lowest BCUT2D eigenvalue weighted by atomic mass is 9.86. The Bertz CT molecular complexity index is 714. The number of esters is 2. The molecule has 1 heterocycles. The normalized spacial score (nSPS) is 18.0. The predicted octanol–water partition coefficient (Wildman–Crippen LogP) is 8.04. The molecule has 5 heteroatoms. The standard InChI is InChI=1S/C30H48O5/c1-4-6-8-10-11-12-13-14-15-17-26(34-29(31)24-19-21-25(33-3)22-20-24)23-28-27(30(32)35-28)18-16-9-7-5-2/h19-22,26-28H,4-18,23H2,1-3H3/t26-,27-,28-/m0/s1. The molecule has 1 saturated heterocycles.